The first-order valence-corrected chi connectivity index (χ1v) is 7.72. The van der Waals surface area contributed by atoms with Crippen LogP contribution in [0, 0.1) is 6.92 Å². The topological polar surface area (TPSA) is 50.9 Å². The Bertz CT molecular complexity index is 765. The van der Waals surface area contributed by atoms with Gasteiger partial charge in [-0.15, -0.1) is 11.3 Å². The van der Waals surface area contributed by atoms with Crippen molar-refractivity contribution in [3.8, 4) is 11.3 Å². The fourth-order valence-electron chi connectivity index (χ4n) is 1.96. The van der Waals surface area contributed by atoms with Crippen LogP contribution < -0.4 is 11.1 Å². The second-order valence-corrected chi connectivity index (χ2v) is 6.04. The molecule has 106 valence electrons. The summed E-state index contributed by atoms with van der Waals surface area (Å²) < 4.78 is 0. The number of nitrogens with two attached hydrogens (primary N) is 1. The Labute approximate surface area is 132 Å². The lowest BCUT2D eigenvalue weighted by molar-refractivity contribution is 1.36. The molecular formula is C16H14ClN3S. The van der Waals surface area contributed by atoms with Gasteiger partial charge in [-0.05, 0) is 36.8 Å². The van der Waals surface area contributed by atoms with Crippen LogP contribution in [0.1, 0.15) is 5.56 Å². The van der Waals surface area contributed by atoms with Crippen LogP contribution in [-0.2, 0) is 0 Å². The van der Waals surface area contributed by atoms with E-state index in [4.69, 9.17) is 17.3 Å². The van der Waals surface area contributed by atoms with Crippen LogP contribution in [0.2, 0.25) is 5.02 Å². The number of hydrogen-bond acceptors (Lipinski definition) is 4. The smallest absolute Gasteiger partial charge is 0.187 e. The fourth-order valence-corrected chi connectivity index (χ4v) is 2.87. The van der Waals surface area contributed by atoms with E-state index in [1.807, 2.05) is 54.8 Å². The Balaban J connectivity index is 1.85. The summed E-state index contributed by atoms with van der Waals surface area (Å²) >= 11 is 7.59. The number of halogens is 1. The highest BCUT2D eigenvalue weighted by molar-refractivity contribution is 7.14. The van der Waals surface area contributed by atoms with Crippen molar-refractivity contribution in [1.29, 1.82) is 0 Å². The summed E-state index contributed by atoms with van der Waals surface area (Å²) in [5.74, 6) is 0. The number of nitrogen functional groups attached to an aromatic ring is 1. The summed E-state index contributed by atoms with van der Waals surface area (Å²) in [6, 6.07) is 13.5. The molecule has 2 aromatic carbocycles. The van der Waals surface area contributed by atoms with E-state index in [-0.39, 0.29) is 0 Å². The number of hydrogen-bond donors (Lipinski definition) is 2. The summed E-state index contributed by atoms with van der Waals surface area (Å²) in [4.78, 5) is 4.60. The Morgan fingerprint density at radius 1 is 1.14 bits per heavy atom. The van der Waals surface area contributed by atoms with Gasteiger partial charge in [-0.2, -0.15) is 0 Å². The Morgan fingerprint density at radius 3 is 2.67 bits per heavy atom. The highest BCUT2D eigenvalue weighted by atomic mass is 35.5. The van der Waals surface area contributed by atoms with Gasteiger partial charge in [-0.3, -0.25) is 0 Å². The Hall–Kier alpha value is -2.04. The lowest BCUT2D eigenvalue weighted by Gasteiger charge is -2.06. The number of nitrogens with one attached hydrogen (secondary N) is 1. The van der Waals surface area contributed by atoms with Crippen LogP contribution in [0.4, 0.5) is 16.5 Å². The maximum absolute atomic E-state index is 6.03. The largest absolute Gasteiger partial charge is 0.399 e. The number of aromatic nitrogens is 1. The summed E-state index contributed by atoms with van der Waals surface area (Å²) in [5, 5.41) is 6.88. The maximum atomic E-state index is 6.03. The standard InChI is InChI=1S/C16H14ClN3S/c1-10-2-5-12(17)8-14(10)19-16-20-15(9-21-16)11-3-6-13(18)7-4-11/h2-9H,18H2,1H3,(H,19,20). The van der Waals surface area contributed by atoms with Gasteiger partial charge in [0.1, 0.15) is 0 Å². The Morgan fingerprint density at radius 2 is 1.90 bits per heavy atom. The second kappa shape index (κ2) is 5.76. The predicted octanol–water partition coefficient (Wildman–Crippen LogP) is 5.10. The molecule has 1 heterocycles. The molecule has 0 aliphatic rings. The molecule has 21 heavy (non-hydrogen) atoms. The molecule has 3 rings (SSSR count). The molecule has 0 bridgehead atoms. The molecule has 0 aliphatic carbocycles. The summed E-state index contributed by atoms with van der Waals surface area (Å²) in [6.07, 6.45) is 0. The van der Waals surface area contributed by atoms with E-state index in [9.17, 15) is 0 Å². The minimum Gasteiger partial charge on any atom is -0.399 e. The minimum absolute atomic E-state index is 0.707. The van der Waals surface area contributed by atoms with Crippen molar-refractivity contribution in [2.24, 2.45) is 0 Å². The minimum atomic E-state index is 0.707. The first kappa shape index (κ1) is 13.9. The molecule has 0 atom stereocenters. The average Bonchev–Trinajstić information content (AvgIpc) is 2.92. The highest BCUT2D eigenvalue weighted by Gasteiger charge is 2.06. The molecule has 0 radical (unpaired) electrons. The molecule has 3 N–H and O–H groups in total. The number of rotatable bonds is 3. The van der Waals surface area contributed by atoms with Crippen LogP contribution >= 0.6 is 22.9 Å². The van der Waals surface area contributed by atoms with Crippen molar-refractivity contribution in [2.45, 2.75) is 6.92 Å². The number of aryl methyl sites for hydroxylation is 1. The van der Waals surface area contributed by atoms with Crippen molar-refractivity contribution < 1.29 is 0 Å². The van der Waals surface area contributed by atoms with Crippen LogP contribution in [0.15, 0.2) is 47.8 Å². The van der Waals surface area contributed by atoms with Crippen LogP contribution in [0.5, 0.6) is 0 Å². The lowest BCUT2D eigenvalue weighted by atomic mass is 10.1. The van der Waals surface area contributed by atoms with Gasteiger partial charge in [0.15, 0.2) is 5.13 Å². The fraction of sp³-hybridized carbons (Fsp3) is 0.0625. The van der Waals surface area contributed by atoms with Gasteiger partial charge in [0.2, 0.25) is 0 Å². The molecule has 0 aliphatic heterocycles. The molecule has 0 saturated carbocycles. The number of benzene rings is 2. The van der Waals surface area contributed by atoms with E-state index in [0.717, 1.165) is 33.3 Å². The van der Waals surface area contributed by atoms with Crippen LogP contribution in [-0.4, -0.2) is 4.98 Å². The molecule has 5 heteroatoms. The molecule has 0 spiro atoms. The lowest BCUT2D eigenvalue weighted by Crippen LogP contribution is -1.92. The Kier molecular flexibility index (Phi) is 3.82. The first-order valence-electron chi connectivity index (χ1n) is 6.46. The van der Waals surface area contributed by atoms with E-state index < -0.39 is 0 Å². The first-order chi connectivity index (χ1) is 10.1. The maximum Gasteiger partial charge on any atom is 0.187 e. The summed E-state index contributed by atoms with van der Waals surface area (Å²) in [6.45, 7) is 2.03. The summed E-state index contributed by atoms with van der Waals surface area (Å²) in [7, 11) is 0. The van der Waals surface area contributed by atoms with Crippen LogP contribution in [0.25, 0.3) is 11.3 Å². The van der Waals surface area contributed by atoms with E-state index in [0.29, 0.717) is 5.02 Å². The van der Waals surface area contributed by atoms with Crippen molar-refractivity contribution in [2.75, 3.05) is 11.1 Å². The normalized spacial score (nSPS) is 10.6. The molecule has 3 aromatic rings. The quantitative estimate of drug-likeness (QED) is 0.661. The SMILES string of the molecule is Cc1ccc(Cl)cc1Nc1nc(-c2ccc(N)cc2)cs1. The predicted molar refractivity (Wildman–Crippen MR) is 91.4 cm³/mol. The zero-order valence-electron chi connectivity index (χ0n) is 11.4. The molecular weight excluding hydrogens is 302 g/mol. The monoisotopic (exact) mass is 315 g/mol. The van der Waals surface area contributed by atoms with Crippen LogP contribution in [0.3, 0.4) is 0 Å². The van der Waals surface area contributed by atoms with Gasteiger partial charge >= 0.3 is 0 Å². The second-order valence-electron chi connectivity index (χ2n) is 4.74. The van der Waals surface area contributed by atoms with Gasteiger partial charge in [0.05, 0.1) is 5.69 Å². The van der Waals surface area contributed by atoms with Crippen molar-refractivity contribution >= 4 is 39.4 Å². The third kappa shape index (κ3) is 3.17. The average molecular weight is 316 g/mol. The third-order valence-corrected chi connectivity index (χ3v) is 4.14. The highest BCUT2D eigenvalue weighted by Crippen LogP contribution is 2.29. The van der Waals surface area contributed by atoms with Crippen molar-refractivity contribution in [1.82, 2.24) is 4.98 Å². The van der Waals surface area contributed by atoms with E-state index in [1.54, 1.807) is 11.3 Å². The van der Waals surface area contributed by atoms with E-state index in [2.05, 4.69) is 10.3 Å². The van der Waals surface area contributed by atoms with E-state index >= 15 is 0 Å². The number of nitrogens with zero attached hydrogens (tertiary/aromatic N) is 1. The van der Waals surface area contributed by atoms with Gasteiger partial charge in [-0.1, -0.05) is 29.8 Å². The van der Waals surface area contributed by atoms with Gasteiger partial charge in [-0.25, -0.2) is 4.98 Å². The number of anilines is 3. The zero-order chi connectivity index (χ0) is 14.8. The molecule has 0 saturated heterocycles. The van der Waals surface area contributed by atoms with E-state index in [1.165, 1.54) is 0 Å². The van der Waals surface area contributed by atoms with Gasteiger partial charge in [0, 0.05) is 27.3 Å². The third-order valence-electron chi connectivity index (χ3n) is 3.15. The molecule has 3 nitrogen and oxygen atoms in total. The molecule has 1 aromatic heterocycles. The van der Waals surface area contributed by atoms with Gasteiger partial charge in [0.25, 0.3) is 0 Å². The van der Waals surface area contributed by atoms with Gasteiger partial charge < -0.3 is 11.1 Å². The molecule has 0 unspecified atom stereocenters. The van der Waals surface area contributed by atoms with Crippen molar-refractivity contribution in [3.63, 3.8) is 0 Å². The summed E-state index contributed by atoms with van der Waals surface area (Å²) in [5.41, 5.74) is 10.5. The zero-order valence-corrected chi connectivity index (χ0v) is 13.0. The molecule has 0 amide bonds. The molecule has 0 fully saturated rings. The van der Waals surface area contributed by atoms with Crippen molar-refractivity contribution in [3.05, 3.63) is 58.4 Å². The number of thiazole rings is 1.